The third kappa shape index (κ3) is 3.33. The van der Waals surface area contributed by atoms with E-state index in [0.29, 0.717) is 22.7 Å². The number of carbonyl (C=O) groups excluding carboxylic acids is 1. The van der Waals surface area contributed by atoms with Crippen LogP contribution in [-0.4, -0.2) is 22.9 Å². The largest absolute Gasteiger partial charge is 0.497 e. The van der Waals surface area contributed by atoms with Crippen LogP contribution in [-0.2, 0) is 0 Å². The van der Waals surface area contributed by atoms with Crippen LogP contribution < -0.4 is 4.74 Å². The third-order valence-electron chi connectivity index (χ3n) is 3.73. The molecule has 0 aliphatic rings. The van der Waals surface area contributed by atoms with Crippen molar-refractivity contribution in [1.82, 2.24) is 9.97 Å². The van der Waals surface area contributed by atoms with Gasteiger partial charge in [0.1, 0.15) is 11.4 Å². The molecule has 3 aromatic rings. The molecule has 0 N–H and O–H groups in total. The molecule has 0 aliphatic heterocycles. The maximum absolute atomic E-state index is 12.7. The molecule has 0 spiro atoms. The lowest BCUT2D eigenvalue weighted by Gasteiger charge is -2.07. The molecule has 0 atom stereocenters. The Bertz CT molecular complexity index is 886. The first-order chi connectivity index (χ1) is 11.6. The Morgan fingerprint density at radius 3 is 2.29 bits per heavy atom. The number of rotatable bonds is 4. The second kappa shape index (κ2) is 6.62. The zero-order valence-corrected chi connectivity index (χ0v) is 13.9. The molecule has 4 heteroatoms. The number of ether oxygens (including phenoxy) is 1. The summed E-state index contributed by atoms with van der Waals surface area (Å²) in [4.78, 5) is 21.6. The molecule has 2 heterocycles. The van der Waals surface area contributed by atoms with E-state index in [2.05, 4.69) is 9.97 Å². The van der Waals surface area contributed by atoms with Gasteiger partial charge in [-0.15, -0.1) is 0 Å². The maximum atomic E-state index is 12.7. The Hall–Kier alpha value is -3.01. The number of pyridine rings is 2. The fourth-order valence-electron chi connectivity index (χ4n) is 2.48. The van der Waals surface area contributed by atoms with Crippen molar-refractivity contribution >= 4 is 5.78 Å². The molecule has 4 nitrogen and oxygen atoms in total. The van der Waals surface area contributed by atoms with Crippen LogP contribution in [0.5, 0.6) is 5.75 Å². The molecule has 24 heavy (non-hydrogen) atoms. The Morgan fingerprint density at radius 2 is 1.62 bits per heavy atom. The molecule has 1 aromatic carbocycles. The molecule has 0 unspecified atom stereocenters. The van der Waals surface area contributed by atoms with Gasteiger partial charge in [-0.05, 0) is 73.5 Å². The van der Waals surface area contributed by atoms with Crippen molar-refractivity contribution in [3.8, 4) is 17.1 Å². The lowest BCUT2D eigenvalue weighted by molar-refractivity contribution is 0.103. The molecule has 3 rings (SSSR count). The normalized spacial score (nSPS) is 10.5. The van der Waals surface area contributed by atoms with Crippen molar-refractivity contribution in [2.45, 2.75) is 13.8 Å². The first-order valence-corrected chi connectivity index (χ1v) is 7.67. The summed E-state index contributed by atoms with van der Waals surface area (Å²) in [5.74, 6) is 0.601. The number of hydrogen-bond donors (Lipinski definition) is 0. The number of methoxy groups -OCH3 is 1. The van der Waals surface area contributed by atoms with Gasteiger partial charge in [-0.1, -0.05) is 0 Å². The van der Waals surface area contributed by atoms with E-state index in [9.17, 15) is 4.79 Å². The summed E-state index contributed by atoms with van der Waals surface area (Å²) >= 11 is 0. The van der Waals surface area contributed by atoms with Gasteiger partial charge in [-0.3, -0.25) is 9.78 Å². The van der Waals surface area contributed by atoms with E-state index in [4.69, 9.17) is 4.74 Å². The molecule has 0 amide bonds. The highest BCUT2D eigenvalue weighted by Crippen LogP contribution is 2.20. The van der Waals surface area contributed by atoms with Crippen molar-refractivity contribution in [2.75, 3.05) is 7.11 Å². The SMILES string of the molecule is COc1ccc(C(=O)c2cc(C)cc(-c3cc(C)ccn3)n2)cc1. The van der Waals surface area contributed by atoms with Crippen LogP contribution >= 0.6 is 0 Å². The van der Waals surface area contributed by atoms with Gasteiger partial charge < -0.3 is 4.74 Å². The molecule has 120 valence electrons. The summed E-state index contributed by atoms with van der Waals surface area (Å²) in [6, 6.07) is 14.7. The monoisotopic (exact) mass is 318 g/mol. The molecular formula is C20H18N2O2. The van der Waals surface area contributed by atoms with E-state index >= 15 is 0 Å². The van der Waals surface area contributed by atoms with Crippen molar-refractivity contribution in [3.63, 3.8) is 0 Å². The number of ketones is 1. The quantitative estimate of drug-likeness (QED) is 0.682. The van der Waals surface area contributed by atoms with E-state index in [1.54, 1.807) is 43.6 Å². The first-order valence-electron chi connectivity index (χ1n) is 7.67. The van der Waals surface area contributed by atoms with E-state index in [-0.39, 0.29) is 5.78 Å². The third-order valence-corrected chi connectivity index (χ3v) is 3.73. The van der Waals surface area contributed by atoms with Crippen molar-refractivity contribution < 1.29 is 9.53 Å². The summed E-state index contributed by atoms with van der Waals surface area (Å²) in [5, 5.41) is 0. The average molecular weight is 318 g/mol. The van der Waals surface area contributed by atoms with Crippen molar-refractivity contribution in [1.29, 1.82) is 0 Å². The number of aromatic nitrogens is 2. The first kappa shape index (κ1) is 15.9. The van der Waals surface area contributed by atoms with Gasteiger partial charge >= 0.3 is 0 Å². The molecule has 0 bridgehead atoms. The molecule has 0 radical (unpaired) electrons. The second-order valence-electron chi connectivity index (χ2n) is 5.69. The molecule has 0 saturated carbocycles. The van der Waals surface area contributed by atoms with Crippen molar-refractivity contribution in [3.05, 3.63) is 77.1 Å². The van der Waals surface area contributed by atoms with Crippen LogP contribution in [0, 0.1) is 13.8 Å². The lowest BCUT2D eigenvalue weighted by atomic mass is 10.0. The van der Waals surface area contributed by atoms with E-state index in [1.165, 1.54) is 0 Å². The number of nitrogens with zero attached hydrogens (tertiary/aromatic N) is 2. The zero-order valence-electron chi connectivity index (χ0n) is 13.9. The number of aryl methyl sites for hydroxylation is 2. The van der Waals surface area contributed by atoms with Gasteiger partial charge in [0.05, 0.1) is 18.5 Å². The lowest BCUT2D eigenvalue weighted by Crippen LogP contribution is -2.06. The fourth-order valence-corrected chi connectivity index (χ4v) is 2.48. The Labute approximate surface area is 141 Å². The van der Waals surface area contributed by atoms with Crippen LogP contribution in [0.15, 0.2) is 54.7 Å². The highest BCUT2D eigenvalue weighted by atomic mass is 16.5. The highest BCUT2D eigenvalue weighted by molar-refractivity contribution is 6.08. The van der Waals surface area contributed by atoms with E-state index in [1.807, 2.05) is 32.0 Å². The minimum absolute atomic E-state index is 0.116. The van der Waals surface area contributed by atoms with E-state index < -0.39 is 0 Å². The minimum Gasteiger partial charge on any atom is -0.497 e. The summed E-state index contributed by atoms with van der Waals surface area (Å²) in [7, 11) is 1.60. The molecule has 0 saturated heterocycles. The van der Waals surface area contributed by atoms with Crippen LogP contribution in [0.2, 0.25) is 0 Å². The van der Waals surface area contributed by atoms with Crippen LogP contribution in [0.4, 0.5) is 0 Å². The van der Waals surface area contributed by atoms with Gasteiger partial charge in [0, 0.05) is 11.8 Å². The van der Waals surface area contributed by atoms with Crippen LogP contribution in [0.3, 0.4) is 0 Å². The maximum Gasteiger partial charge on any atom is 0.211 e. The standard InChI is InChI=1S/C20H18N2O2/c1-13-8-9-21-17(10-13)18-11-14(2)12-19(22-18)20(23)15-4-6-16(24-3)7-5-15/h4-12H,1-3H3. The van der Waals surface area contributed by atoms with Crippen LogP contribution in [0.25, 0.3) is 11.4 Å². The average Bonchev–Trinajstić information content (AvgIpc) is 2.60. The number of carbonyl (C=O) groups is 1. The molecular weight excluding hydrogens is 300 g/mol. The summed E-state index contributed by atoms with van der Waals surface area (Å²) in [5.41, 5.74) is 4.54. The second-order valence-corrected chi connectivity index (χ2v) is 5.69. The smallest absolute Gasteiger partial charge is 0.211 e. The van der Waals surface area contributed by atoms with Crippen molar-refractivity contribution in [2.24, 2.45) is 0 Å². The zero-order chi connectivity index (χ0) is 17.1. The van der Waals surface area contributed by atoms with Gasteiger partial charge in [0.2, 0.25) is 5.78 Å². The topological polar surface area (TPSA) is 52.1 Å². The highest BCUT2D eigenvalue weighted by Gasteiger charge is 2.13. The summed E-state index contributed by atoms with van der Waals surface area (Å²) < 4.78 is 5.13. The van der Waals surface area contributed by atoms with E-state index in [0.717, 1.165) is 16.8 Å². The summed E-state index contributed by atoms with van der Waals surface area (Å²) in [6.45, 7) is 3.95. The van der Waals surface area contributed by atoms with Gasteiger partial charge in [-0.25, -0.2) is 4.98 Å². The molecule has 0 aliphatic carbocycles. The number of benzene rings is 1. The molecule has 2 aromatic heterocycles. The Morgan fingerprint density at radius 1 is 0.917 bits per heavy atom. The Kier molecular flexibility index (Phi) is 4.38. The van der Waals surface area contributed by atoms with Gasteiger partial charge in [0.25, 0.3) is 0 Å². The molecule has 0 fully saturated rings. The summed E-state index contributed by atoms with van der Waals surface area (Å²) in [6.07, 6.45) is 1.75. The minimum atomic E-state index is -0.116. The number of hydrogen-bond acceptors (Lipinski definition) is 4. The predicted octanol–water partition coefficient (Wildman–Crippen LogP) is 4.00. The van der Waals surface area contributed by atoms with Crippen LogP contribution in [0.1, 0.15) is 27.2 Å². The predicted molar refractivity (Wildman–Crippen MR) is 93.4 cm³/mol. The van der Waals surface area contributed by atoms with Gasteiger partial charge in [0.15, 0.2) is 0 Å². The Balaban J connectivity index is 2.00. The van der Waals surface area contributed by atoms with Gasteiger partial charge in [-0.2, -0.15) is 0 Å². The fraction of sp³-hybridized carbons (Fsp3) is 0.150.